The number of anilines is 1. The molecule has 0 aliphatic carbocycles. The Morgan fingerprint density at radius 2 is 2.21 bits per heavy atom. The zero-order chi connectivity index (χ0) is 13.2. The summed E-state index contributed by atoms with van der Waals surface area (Å²) >= 11 is 0. The molecule has 1 saturated heterocycles. The van der Waals surface area contributed by atoms with Crippen LogP contribution in [0.4, 0.5) is 5.82 Å². The lowest BCUT2D eigenvalue weighted by atomic mass is 10.1. The summed E-state index contributed by atoms with van der Waals surface area (Å²) in [6.45, 7) is 1.50. The smallest absolute Gasteiger partial charge is 0.222 e. The zero-order valence-corrected chi connectivity index (χ0v) is 11.0. The summed E-state index contributed by atoms with van der Waals surface area (Å²) in [4.78, 5) is 18.2. The third kappa shape index (κ3) is 2.26. The van der Waals surface area contributed by atoms with E-state index < -0.39 is 0 Å². The molecule has 0 unspecified atom stereocenters. The number of benzene rings is 1. The van der Waals surface area contributed by atoms with E-state index in [-0.39, 0.29) is 5.91 Å². The minimum Gasteiger partial charge on any atom is -0.373 e. The van der Waals surface area contributed by atoms with Crippen molar-refractivity contribution in [2.45, 2.75) is 19.4 Å². The monoisotopic (exact) mass is 255 g/mol. The van der Waals surface area contributed by atoms with Crippen LogP contribution in [0.5, 0.6) is 0 Å². The largest absolute Gasteiger partial charge is 0.373 e. The summed E-state index contributed by atoms with van der Waals surface area (Å²) < 4.78 is 0. The Bertz CT molecular complexity index is 624. The van der Waals surface area contributed by atoms with Gasteiger partial charge in [0.2, 0.25) is 5.91 Å². The molecule has 0 bridgehead atoms. The van der Waals surface area contributed by atoms with Gasteiger partial charge in [-0.1, -0.05) is 18.2 Å². The Morgan fingerprint density at radius 1 is 1.37 bits per heavy atom. The minimum atomic E-state index is 0.246. The summed E-state index contributed by atoms with van der Waals surface area (Å²) in [5.41, 5.74) is 2.06. The summed E-state index contributed by atoms with van der Waals surface area (Å²) in [6.07, 6.45) is 1.64. The standard InChI is InChI=1S/C15H17N3O/c1-16-15-12(10-18-8-4-7-14(18)19)9-11-5-2-3-6-13(11)17-15/h2-3,5-6,9H,4,7-8,10H2,1H3,(H,16,17). The number of hydrogen-bond acceptors (Lipinski definition) is 3. The molecule has 4 nitrogen and oxygen atoms in total. The molecule has 1 N–H and O–H groups in total. The van der Waals surface area contributed by atoms with Gasteiger partial charge in [-0.25, -0.2) is 4.98 Å². The SMILES string of the molecule is CNc1nc2ccccc2cc1CN1CCCC1=O. The first-order chi connectivity index (χ1) is 9.28. The molecule has 1 aromatic heterocycles. The van der Waals surface area contributed by atoms with Crippen LogP contribution in [0.15, 0.2) is 30.3 Å². The number of pyridine rings is 1. The third-order valence-electron chi connectivity index (χ3n) is 3.57. The highest BCUT2D eigenvalue weighted by molar-refractivity contribution is 5.82. The maximum absolute atomic E-state index is 11.7. The van der Waals surface area contributed by atoms with Crippen molar-refractivity contribution in [3.05, 3.63) is 35.9 Å². The molecule has 0 atom stereocenters. The topological polar surface area (TPSA) is 45.2 Å². The third-order valence-corrected chi connectivity index (χ3v) is 3.57. The molecule has 98 valence electrons. The van der Waals surface area contributed by atoms with E-state index in [9.17, 15) is 4.79 Å². The van der Waals surface area contributed by atoms with E-state index in [1.54, 1.807) is 0 Å². The van der Waals surface area contributed by atoms with Gasteiger partial charge in [0.15, 0.2) is 0 Å². The first-order valence-electron chi connectivity index (χ1n) is 6.62. The van der Waals surface area contributed by atoms with Crippen LogP contribution in [0, 0.1) is 0 Å². The van der Waals surface area contributed by atoms with Crippen molar-refractivity contribution >= 4 is 22.6 Å². The molecule has 1 aromatic carbocycles. The predicted molar refractivity (Wildman–Crippen MR) is 75.9 cm³/mol. The molecule has 4 heteroatoms. The molecule has 1 aliphatic rings. The van der Waals surface area contributed by atoms with Crippen molar-refractivity contribution in [3.63, 3.8) is 0 Å². The number of nitrogens with zero attached hydrogens (tertiary/aromatic N) is 2. The molecule has 0 saturated carbocycles. The molecule has 2 heterocycles. The Hall–Kier alpha value is -2.10. The van der Waals surface area contributed by atoms with E-state index >= 15 is 0 Å². The first kappa shape index (κ1) is 12.0. The van der Waals surface area contributed by atoms with Crippen LogP contribution in [0.3, 0.4) is 0 Å². The number of carbonyl (C=O) groups is 1. The molecule has 2 aromatic rings. The molecular weight excluding hydrogens is 238 g/mol. The van der Waals surface area contributed by atoms with Gasteiger partial charge in [0.1, 0.15) is 5.82 Å². The number of rotatable bonds is 3. The van der Waals surface area contributed by atoms with Crippen LogP contribution in [0.1, 0.15) is 18.4 Å². The van der Waals surface area contributed by atoms with Crippen LogP contribution in [0.25, 0.3) is 10.9 Å². The van der Waals surface area contributed by atoms with Crippen LogP contribution in [0.2, 0.25) is 0 Å². The fourth-order valence-corrected chi connectivity index (χ4v) is 2.57. The number of hydrogen-bond donors (Lipinski definition) is 1. The van der Waals surface area contributed by atoms with Crippen LogP contribution < -0.4 is 5.32 Å². The Kier molecular flexibility index (Phi) is 3.07. The second kappa shape index (κ2) is 4.88. The number of carbonyl (C=O) groups excluding carboxylic acids is 1. The summed E-state index contributed by atoms with van der Waals surface area (Å²) in [7, 11) is 1.87. The number of likely N-dealkylation sites (tertiary alicyclic amines) is 1. The highest BCUT2D eigenvalue weighted by Gasteiger charge is 2.21. The second-order valence-electron chi connectivity index (χ2n) is 4.86. The zero-order valence-electron chi connectivity index (χ0n) is 11.0. The average Bonchev–Trinajstić information content (AvgIpc) is 2.83. The number of fused-ring (bicyclic) bond motifs is 1. The Balaban J connectivity index is 1.99. The van der Waals surface area contributed by atoms with E-state index in [1.807, 2.05) is 30.1 Å². The summed E-state index contributed by atoms with van der Waals surface area (Å²) in [5.74, 6) is 1.11. The molecule has 19 heavy (non-hydrogen) atoms. The summed E-state index contributed by atoms with van der Waals surface area (Å²) in [6, 6.07) is 10.2. The highest BCUT2D eigenvalue weighted by atomic mass is 16.2. The maximum atomic E-state index is 11.7. The van der Waals surface area contributed by atoms with Crippen molar-refractivity contribution in [1.82, 2.24) is 9.88 Å². The van der Waals surface area contributed by atoms with Gasteiger partial charge in [-0.05, 0) is 18.6 Å². The summed E-state index contributed by atoms with van der Waals surface area (Å²) in [5, 5.41) is 4.24. The molecule has 1 fully saturated rings. The van der Waals surface area contributed by atoms with Crippen molar-refractivity contribution < 1.29 is 4.79 Å². The van der Waals surface area contributed by atoms with Crippen LogP contribution in [-0.2, 0) is 11.3 Å². The van der Waals surface area contributed by atoms with Crippen LogP contribution in [-0.4, -0.2) is 29.4 Å². The van der Waals surface area contributed by atoms with Gasteiger partial charge in [0, 0.05) is 37.5 Å². The van der Waals surface area contributed by atoms with Crippen molar-refractivity contribution in [1.29, 1.82) is 0 Å². The first-order valence-corrected chi connectivity index (χ1v) is 6.62. The van der Waals surface area contributed by atoms with Gasteiger partial charge >= 0.3 is 0 Å². The molecule has 3 rings (SSSR count). The molecule has 0 spiro atoms. The van der Waals surface area contributed by atoms with Gasteiger partial charge < -0.3 is 10.2 Å². The van der Waals surface area contributed by atoms with Crippen molar-refractivity contribution in [2.75, 3.05) is 18.9 Å². The molecule has 1 amide bonds. The van der Waals surface area contributed by atoms with E-state index in [2.05, 4.69) is 22.4 Å². The van der Waals surface area contributed by atoms with E-state index in [0.29, 0.717) is 13.0 Å². The molecule has 0 radical (unpaired) electrons. The van der Waals surface area contributed by atoms with Gasteiger partial charge in [0.25, 0.3) is 0 Å². The Morgan fingerprint density at radius 3 is 2.95 bits per heavy atom. The van der Waals surface area contributed by atoms with Gasteiger partial charge in [-0.3, -0.25) is 4.79 Å². The lowest BCUT2D eigenvalue weighted by Gasteiger charge is -2.18. The van der Waals surface area contributed by atoms with Gasteiger partial charge in [-0.2, -0.15) is 0 Å². The number of aromatic nitrogens is 1. The van der Waals surface area contributed by atoms with Gasteiger partial charge in [0.05, 0.1) is 5.52 Å². The normalized spacial score (nSPS) is 15.2. The van der Waals surface area contributed by atoms with E-state index in [4.69, 9.17) is 0 Å². The predicted octanol–water partition coefficient (Wildman–Crippen LogP) is 2.40. The van der Waals surface area contributed by atoms with Gasteiger partial charge in [-0.15, -0.1) is 0 Å². The molecular formula is C15H17N3O. The maximum Gasteiger partial charge on any atom is 0.222 e. The average molecular weight is 255 g/mol. The second-order valence-corrected chi connectivity index (χ2v) is 4.86. The molecule has 1 aliphatic heterocycles. The fraction of sp³-hybridized carbons (Fsp3) is 0.333. The lowest BCUT2D eigenvalue weighted by molar-refractivity contribution is -0.128. The number of nitrogens with one attached hydrogen (secondary N) is 1. The lowest BCUT2D eigenvalue weighted by Crippen LogP contribution is -2.24. The van der Waals surface area contributed by atoms with E-state index in [0.717, 1.165) is 35.2 Å². The fourth-order valence-electron chi connectivity index (χ4n) is 2.57. The van der Waals surface area contributed by atoms with Crippen molar-refractivity contribution in [3.8, 4) is 0 Å². The van der Waals surface area contributed by atoms with Crippen molar-refractivity contribution in [2.24, 2.45) is 0 Å². The van der Waals surface area contributed by atoms with Crippen LogP contribution >= 0.6 is 0 Å². The Labute approximate surface area is 112 Å². The minimum absolute atomic E-state index is 0.246. The van der Waals surface area contributed by atoms with E-state index in [1.165, 1.54) is 0 Å². The highest BCUT2D eigenvalue weighted by Crippen LogP contribution is 2.23. The number of para-hydroxylation sites is 1. The number of amides is 1. The quantitative estimate of drug-likeness (QED) is 0.916.